The van der Waals surface area contributed by atoms with E-state index in [1.54, 1.807) is 30.5 Å². The molecule has 0 aliphatic carbocycles. The molecule has 0 aliphatic rings. The Bertz CT molecular complexity index is 870. The molecule has 3 rings (SSSR count). The van der Waals surface area contributed by atoms with Gasteiger partial charge in [0.25, 0.3) is 5.91 Å². The van der Waals surface area contributed by atoms with Crippen LogP contribution in [0.4, 0.5) is 0 Å². The van der Waals surface area contributed by atoms with Gasteiger partial charge < -0.3 is 4.57 Å². The standard InChI is InChI=1S/C18H13BrClN3O/c19-14-5-9-16(10-6-14)23-11-1-2-17(23)12-21-22-18(24)13-3-7-15(20)8-4-13/h1-12H,(H,22,24)/b21-12-. The molecule has 0 atom stereocenters. The summed E-state index contributed by atoms with van der Waals surface area (Å²) in [6.07, 6.45) is 3.54. The van der Waals surface area contributed by atoms with E-state index in [0.717, 1.165) is 15.9 Å². The van der Waals surface area contributed by atoms with Gasteiger partial charge in [-0.2, -0.15) is 5.10 Å². The zero-order valence-electron chi connectivity index (χ0n) is 12.5. The summed E-state index contributed by atoms with van der Waals surface area (Å²) in [6.45, 7) is 0. The molecule has 6 heteroatoms. The summed E-state index contributed by atoms with van der Waals surface area (Å²) >= 11 is 9.23. The molecule has 0 bridgehead atoms. The third-order valence-electron chi connectivity index (χ3n) is 3.35. The maximum absolute atomic E-state index is 12.0. The van der Waals surface area contributed by atoms with Gasteiger partial charge in [0.2, 0.25) is 0 Å². The Hall–Kier alpha value is -2.37. The zero-order chi connectivity index (χ0) is 16.9. The highest BCUT2D eigenvalue weighted by molar-refractivity contribution is 9.10. The van der Waals surface area contributed by atoms with Crippen LogP contribution < -0.4 is 5.43 Å². The average molecular weight is 403 g/mol. The number of hydrogen-bond acceptors (Lipinski definition) is 2. The molecule has 0 fully saturated rings. The number of rotatable bonds is 4. The van der Waals surface area contributed by atoms with E-state index in [0.29, 0.717) is 10.6 Å². The summed E-state index contributed by atoms with van der Waals surface area (Å²) in [5.41, 5.74) is 4.87. The molecule has 2 aromatic carbocycles. The Morgan fingerprint density at radius 1 is 1.08 bits per heavy atom. The van der Waals surface area contributed by atoms with Crippen molar-refractivity contribution in [3.8, 4) is 5.69 Å². The van der Waals surface area contributed by atoms with Crippen LogP contribution in [0.3, 0.4) is 0 Å². The van der Waals surface area contributed by atoms with Crippen LogP contribution in [0.2, 0.25) is 5.02 Å². The van der Waals surface area contributed by atoms with Gasteiger partial charge in [-0.15, -0.1) is 0 Å². The SMILES string of the molecule is O=C(N/N=C\c1cccn1-c1ccc(Br)cc1)c1ccc(Cl)cc1. The van der Waals surface area contributed by atoms with Gasteiger partial charge in [0, 0.05) is 26.9 Å². The van der Waals surface area contributed by atoms with E-state index in [9.17, 15) is 4.79 Å². The molecule has 0 saturated heterocycles. The van der Waals surface area contributed by atoms with Crippen LogP contribution in [-0.2, 0) is 0 Å². The lowest BCUT2D eigenvalue weighted by molar-refractivity contribution is 0.0955. The van der Waals surface area contributed by atoms with E-state index in [1.165, 1.54) is 0 Å². The molecule has 0 radical (unpaired) electrons. The summed E-state index contributed by atoms with van der Waals surface area (Å²) in [5.74, 6) is -0.287. The van der Waals surface area contributed by atoms with Gasteiger partial charge in [0.15, 0.2) is 0 Å². The Kier molecular flexibility index (Phi) is 5.13. The largest absolute Gasteiger partial charge is 0.316 e. The van der Waals surface area contributed by atoms with Crippen LogP contribution in [0.15, 0.2) is 76.4 Å². The molecule has 0 saturated carbocycles. The molecule has 1 heterocycles. The fourth-order valence-corrected chi connectivity index (χ4v) is 2.55. The van der Waals surface area contributed by atoms with Crippen LogP contribution in [0, 0.1) is 0 Å². The first-order chi connectivity index (χ1) is 11.6. The first-order valence-corrected chi connectivity index (χ1v) is 8.33. The number of hydrazone groups is 1. The van der Waals surface area contributed by atoms with Crippen molar-refractivity contribution < 1.29 is 4.79 Å². The minimum absolute atomic E-state index is 0.287. The van der Waals surface area contributed by atoms with Crippen molar-refractivity contribution >= 4 is 39.7 Å². The van der Waals surface area contributed by atoms with Crippen molar-refractivity contribution in [3.05, 3.63) is 87.6 Å². The van der Waals surface area contributed by atoms with Gasteiger partial charge >= 0.3 is 0 Å². The number of halogens is 2. The number of amides is 1. The minimum Gasteiger partial charge on any atom is -0.316 e. The maximum Gasteiger partial charge on any atom is 0.271 e. The van der Waals surface area contributed by atoms with Gasteiger partial charge in [-0.1, -0.05) is 27.5 Å². The predicted octanol–water partition coefficient (Wildman–Crippen LogP) is 4.66. The molecule has 1 amide bonds. The molecule has 1 N–H and O–H groups in total. The van der Waals surface area contributed by atoms with Crippen molar-refractivity contribution in [1.29, 1.82) is 0 Å². The second-order valence-corrected chi connectivity index (χ2v) is 6.34. The highest BCUT2D eigenvalue weighted by Gasteiger charge is 2.04. The van der Waals surface area contributed by atoms with Crippen LogP contribution in [-0.4, -0.2) is 16.7 Å². The lowest BCUT2D eigenvalue weighted by Gasteiger charge is -2.06. The number of carbonyl (C=O) groups excluding carboxylic acids is 1. The number of carbonyl (C=O) groups is 1. The third kappa shape index (κ3) is 3.93. The molecule has 120 valence electrons. The first kappa shape index (κ1) is 16.5. The Morgan fingerprint density at radius 2 is 1.79 bits per heavy atom. The summed E-state index contributed by atoms with van der Waals surface area (Å²) in [5, 5.41) is 4.61. The minimum atomic E-state index is -0.287. The summed E-state index contributed by atoms with van der Waals surface area (Å²) in [6, 6.07) is 18.4. The lowest BCUT2D eigenvalue weighted by atomic mass is 10.2. The zero-order valence-corrected chi connectivity index (χ0v) is 14.8. The highest BCUT2D eigenvalue weighted by Crippen LogP contribution is 2.16. The second-order valence-electron chi connectivity index (χ2n) is 4.99. The van der Waals surface area contributed by atoms with Crippen LogP contribution >= 0.6 is 27.5 Å². The molecule has 0 aliphatic heterocycles. The van der Waals surface area contributed by atoms with Crippen molar-refractivity contribution in [2.24, 2.45) is 5.10 Å². The third-order valence-corrected chi connectivity index (χ3v) is 4.14. The lowest BCUT2D eigenvalue weighted by Crippen LogP contribution is -2.17. The Balaban J connectivity index is 1.71. The van der Waals surface area contributed by atoms with Crippen molar-refractivity contribution in [1.82, 2.24) is 9.99 Å². The second kappa shape index (κ2) is 7.47. The average Bonchev–Trinajstić information content (AvgIpc) is 3.04. The Morgan fingerprint density at radius 3 is 2.50 bits per heavy atom. The summed E-state index contributed by atoms with van der Waals surface area (Å²) in [4.78, 5) is 12.0. The van der Waals surface area contributed by atoms with E-state index in [4.69, 9.17) is 11.6 Å². The number of hydrogen-bond donors (Lipinski definition) is 1. The van der Waals surface area contributed by atoms with Gasteiger partial charge in [0.1, 0.15) is 0 Å². The van der Waals surface area contributed by atoms with Gasteiger partial charge in [-0.3, -0.25) is 4.79 Å². The molecular weight excluding hydrogens is 390 g/mol. The summed E-state index contributed by atoms with van der Waals surface area (Å²) < 4.78 is 2.99. The number of benzene rings is 2. The van der Waals surface area contributed by atoms with Crippen LogP contribution in [0.5, 0.6) is 0 Å². The molecule has 0 unspecified atom stereocenters. The fourth-order valence-electron chi connectivity index (χ4n) is 2.16. The van der Waals surface area contributed by atoms with E-state index in [-0.39, 0.29) is 5.91 Å². The molecule has 1 aromatic heterocycles. The summed E-state index contributed by atoms with van der Waals surface area (Å²) in [7, 11) is 0. The molecule has 4 nitrogen and oxygen atoms in total. The topological polar surface area (TPSA) is 46.4 Å². The fraction of sp³-hybridized carbons (Fsp3) is 0. The molecular formula is C18H13BrClN3O. The normalized spacial score (nSPS) is 10.9. The van der Waals surface area contributed by atoms with E-state index in [2.05, 4.69) is 26.5 Å². The van der Waals surface area contributed by atoms with E-state index >= 15 is 0 Å². The number of nitrogens with zero attached hydrogens (tertiary/aromatic N) is 2. The van der Waals surface area contributed by atoms with Gasteiger partial charge in [-0.05, 0) is 60.7 Å². The monoisotopic (exact) mass is 401 g/mol. The number of aromatic nitrogens is 1. The molecule has 24 heavy (non-hydrogen) atoms. The number of nitrogens with one attached hydrogen (secondary N) is 1. The van der Waals surface area contributed by atoms with Crippen LogP contribution in [0.25, 0.3) is 5.69 Å². The van der Waals surface area contributed by atoms with Crippen molar-refractivity contribution in [3.63, 3.8) is 0 Å². The van der Waals surface area contributed by atoms with E-state index in [1.807, 2.05) is 47.2 Å². The molecule has 3 aromatic rings. The maximum atomic E-state index is 12.0. The quantitative estimate of drug-likeness (QED) is 0.501. The van der Waals surface area contributed by atoms with Crippen LogP contribution in [0.1, 0.15) is 16.1 Å². The first-order valence-electron chi connectivity index (χ1n) is 7.16. The highest BCUT2D eigenvalue weighted by atomic mass is 79.9. The van der Waals surface area contributed by atoms with E-state index < -0.39 is 0 Å². The van der Waals surface area contributed by atoms with Crippen molar-refractivity contribution in [2.75, 3.05) is 0 Å². The predicted molar refractivity (Wildman–Crippen MR) is 100.0 cm³/mol. The van der Waals surface area contributed by atoms with Gasteiger partial charge in [-0.25, -0.2) is 5.43 Å². The molecule has 0 spiro atoms. The van der Waals surface area contributed by atoms with Gasteiger partial charge in [0.05, 0.1) is 11.9 Å². The van der Waals surface area contributed by atoms with Crippen molar-refractivity contribution in [2.45, 2.75) is 0 Å². The smallest absolute Gasteiger partial charge is 0.271 e. The Labute approximate surface area is 152 Å².